The van der Waals surface area contributed by atoms with Crippen LogP contribution in [0.5, 0.6) is 5.88 Å². The van der Waals surface area contributed by atoms with E-state index in [4.69, 9.17) is 4.74 Å². The molecule has 17 heavy (non-hydrogen) atoms. The maximum atomic E-state index is 5.03. The van der Waals surface area contributed by atoms with Gasteiger partial charge in [-0.1, -0.05) is 6.07 Å². The zero-order chi connectivity index (χ0) is 12.1. The number of aromatic nitrogens is 1. The van der Waals surface area contributed by atoms with Crippen LogP contribution < -0.4 is 10.1 Å². The highest BCUT2D eigenvalue weighted by atomic mass is 16.5. The van der Waals surface area contributed by atoms with E-state index in [0.717, 1.165) is 19.0 Å². The third kappa shape index (κ3) is 3.68. The maximum absolute atomic E-state index is 5.03. The van der Waals surface area contributed by atoms with E-state index in [2.05, 4.69) is 28.3 Å². The average molecular weight is 235 g/mol. The molecular weight excluding hydrogens is 214 g/mol. The van der Waals surface area contributed by atoms with Gasteiger partial charge in [0.15, 0.2) is 0 Å². The summed E-state index contributed by atoms with van der Waals surface area (Å²) in [4.78, 5) is 6.58. The molecule has 1 atom stereocenters. The number of nitrogens with one attached hydrogen (secondary N) is 1. The van der Waals surface area contributed by atoms with E-state index in [1.807, 2.05) is 12.3 Å². The molecule has 1 aromatic heterocycles. The summed E-state index contributed by atoms with van der Waals surface area (Å²) in [5, 5.41) is 3.49. The first-order chi connectivity index (χ1) is 8.28. The molecule has 1 fully saturated rings. The maximum Gasteiger partial charge on any atom is 0.212 e. The lowest BCUT2D eigenvalue weighted by molar-refractivity contribution is 0.387. The van der Waals surface area contributed by atoms with Crippen LogP contribution in [0.1, 0.15) is 12.0 Å². The molecule has 1 saturated heterocycles. The SMILES string of the molecule is COc1ccc(CNCC2CCN(C)C2)cn1. The molecule has 0 saturated carbocycles. The van der Waals surface area contributed by atoms with E-state index in [1.54, 1.807) is 7.11 Å². The minimum Gasteiger partial charge on any atom is -0.481 e. The van der Waals surface area contributed by atoms with Gasteiger partial charge in [0.2, 0.25) is 5.88 Å². The molecular formula is C13H21N3O. The average Bonchev–Trinajstić information content (AvgIpc) is 2.76. The summed E-state index contributed by atoms with van der Waals surface area (Å²) >= 11 is 0. The van der Waals surface area contributed by atoms with Crippen LogP contribution in [0.3, 0.4) is 0 Å². The molecule has 0 spiro atoms. The molecule has 0 bridgehead atoms. The van der Waals surface area contributed by atoms with Crippen molar-refractivity contribution in [3.63, 3.8) is 0 Å². The first kappa shape index (κ1) is 12.3. The summed E-state index contributed by atoms with van der Waals surface area (Å²) in [6.07, 6.45) is 3.18. The summed E-state index contributed by atoms with van der Waals surface area (Å²) in [6.45, 7) is 4.43. The number of rotatable bonds is 5. The molecule has 0 aliphatic carbocycles. The van der Waals surface area contributed by atoms with Crippen molar-refractivity contribution in [3.8, 4) is 5.88 Å². The Morgan fingerprint density at radius 3 is 3.00 bits per heavy atom. The monoisotopic (exact) mass is 235 g/mol. The van der Waals surface area contributed by atoms with E-state index in [0.29, 0.717) is 5.88 Å². The Balaban J connectivity index is 1.70. The van der Waals surface area contributed by atoms with Gasteiger partial charge in [0.05, 0.1) is 7.11 Å². The smallest absolute Gasteiger partial charge is 0.212 e. The second kappa shape index (κ2) is 5.98. The number of pyridine rings is 1. The first-order valence-electron chi connectivity index (χ1n) is 6.16. The van der Waals surface area contributed by atoms with Crippen LogP contribution in [0.25, 0.3) is 0 Å². The number of hydrogen-bond acceptors (Lipinski definition) is 4. The minimum atomic E-state index is 0.672. The second-order valence-corrected chi connectivity index (χ2v) is 4.76. The second-order valence-electron chi connectivity index (χ2n) is 4.76. The van der Waals surface area contributed by atoms with Crippen LogP contribution >= 0.6 is 0 Å². The Labute approximate surface area is 103 Å². The molecule has 1 aliphatic rings. The molecule has 1 aromatic rings. The van der Waals surface area contributed by atoms with Gasteiger partial charge in [-0.05, 0) is 38.0 Å². The zero-order valence-electron chi connectivity index (χ0n) is 10.6. The van der Waals surface area contributed by atoms with Crippen molar-refractivity contribution in [1.82, 2.24) is 15.2 Å². The molecule has 94 valence electrons. The van der Waals surface area contributed by atoms with Crippen molar-refractivity contribution in [2.24, 2.45) is 5.92 Å². The van der Waals surface area contributed by atoms with Crippen molar-refractivity contribution >= 4 is 0 Å². The highest BCUT2D eigenvalue weighted by molar-refractivity contribution is 5.17. The van der Waals surface area contributed by atoms with Crippen molar-refractivity contribution in [3.05, 3.63) is 23.9 Å². The summed E-state index contributed by atoms with van der Waals surface area (Å²) in [6, 6.07) is 3.96. The number of nitrogens with zero attached hydrogens (tertiary/aromatic N) is 2. The van der Waals surface area contributed by atoms with Crippen molar-refractivity contribution in [1.29, 1.82) is 0 Å². The number of methoxy groups -OCH3 is 1. The largest absolute Gasteiger partial charge is 0.481 e. The summed E-state index contributed by atoms with van der Waals surface area (Å²) in [5.41, 5.74) is 1.21. The molecule has 4 nitrogen and oxygen atoms in total. The highest BCUT2D eigenvalue weighted by Crippen LogP contribution is 2.13. The van der Waals surface area contributed by atoms with Gasteiger partial charge in [0.1, 0.15) is 0 Å². The predicted octanol–water partition coefficient (Wildman–Crippen LogP) is 1.13. The van der Waals surface area contributed by atoms with E-state index >= 15 is 0 Å². The lowest BCUT2D eigenvalue weighted by atomic mass is 10.1. The Kier molecular flexibility index (Phi) is 4.34. The number of hydrogen-bond donors (Lipinski definition) is 1. The van der Waals surface area contributed by atoms with Gasteiger partial charge in [0, 0.05) is 25.4 Å². The van der Waals surface area contributed by atoms with Gasteiger partial charge in [-0.2, -0.15) is 0 Å². The normalized spacial score (nSPS) is 20.7. The fourth-order valence-electron chi connectivity index (χ4n) is 2.25. The lowest BCUT2D eigenvalue weighted by Crippen LogP contribution is -2.24. The standard InChI is InChI=1S/C13H21N3O/c1-16-6-5-12(10-16)8-14-7-11-3-4-13(17-2)15-9-11/h3-4,9,12,14H,5-8,10H2,1-2H3. The number of ether oxygens (including phenoxy) is 1. The van der Waals surface area contributed by atoms with Gasteiger partial charge in [-0.25, -0.2) is 4.98 Å². The Bertz CT molecular complexity index is 339. The van der Waals surface area contributed by atoms with Crippen LogP contribution in [-0.2, 0) is 6.54 Å². The van der Waals surface area contributed by atoms with Crippen LogP contribution in [0.2, 0.25) is 0 Å². The fraction of sp³-hybridized carbons (Fsp3) is 0.615. The van der Waals surface area contributed by atoms with Crippen molar-refractivity contribution in [2.75, 3.05) is 33.8 Å². The molecule has 1 N–H and O–H groups in total. The van der Waals surface area contributed by atoms with E-state index < -0.39 is 0 Å². The topological polar surface area (TPSA) is 37.4 Å². The highest BCUT2D eigenvalue weighted by Gasteiger charge is 2.18. The molecule has 4 heteroatoms. The minimum absolute atomic E-state index is 0.672. The van der Waals surface area contributed by atoms with Gasteiger partial charge in [-0.3, -0.25) is 0 Å². The van der Waals surface area contributed by atoms with Gasteiger partial charge < -0.3 is 15.0 Å². The number of likely N-dealkylation sites (tertiary alicyclic amines) is 1. The van der Waals surface area contributed by atoms with Crippen LogP contribution in [0.15, 0.2) is 18.3 Å². The Hall–Kier alpha value is -1.13. The summed E-state index contributed by atoms with van der Waals surface area (Å²) in [5.74, 6) is 1.47. The Morgan fingerprint density at radius 2 is 2.41 bits per heavy atom. The molecule has 0 amide bonds. The van der Waals surface area contributed by atoms with E-state index in [1.165, 1.54) is 25.1 Å². The Morgan fingerprint density at radius 1 is 1.53 bits per heavy atom. The van der Waals surface area contributed by atoms with Crippen molar-refractivity contribution in [2.45, 2.75) is 13.0 Å². The van der Waals surface area contributed by atoms with E-state index in [-0.39, 0.29) is 0 Å². The van der Waals surface area contributed by atoms with Crippen LogP contribution in [-0.4, -0.2) is 43.7 Å². The molecule has 2 rings (SSSR count). The van der Waals surface area contributed by atoms with Crippen molar-refractivity contribution < 1.29 is 4.74 Å². The van der Waals surface area contributed by atoms with E-state index in [9.17, 15) is 0 Å². The van der Waals surface area contributed by atoms with Gasteiger partial charge in [0.25, 0.3) is 0 Å². The fourth-order valence-corrected chi connectivity index (χ4v) is 2.25. The quantitative estimate of drug-likeness (QED) is 0.830. The third-order valence-corrected chi connectivity index (χ3v) is 3.26. The molecule has 2 heterocycles. The lowest BCUT2D eigenvalue weighted by Gasteiger charge is -2.11. The first-order valence-corrected chi connectivity index (χ1v) is 6.16. The zero-order valence-corrected chi connectivity index (χ0v) is 10.6. The molecule has 0 radical (unpaired) electrons. The summed E-state index contributed by atoms with van der Waals surface area (Å²) in [7, 11) is 3.82. The molecule has 0 aromatic carbocycles. The van der Waals surface area contributed by atoms with Gasteiger partial charge in [-0.15, -0.1) is 0 Å². The summed E-state index contributed by atoms with van der Waals surface area (Å²) < 4.78 is 5.03. The van der Waals surface area contributed by atoms with Crippen LogP contribution in [0, 0.1) is 5.92 Å². The van der Waals surface area contributed by atoms with Gasteiger partial charge >= 0.3 is 0 Å². The van der Waals surface area contributed by atoms with Crippen LogP contribution in [0.4, 0.5) is 0 Å². The molecule has 1 unspecified atom stereocenters. The predicted molar refractivity (Wildman–Crippen MR) is 68.1 cm³/mol. The third-order valence-electron chi connectivity index (χ3n) is 3.26. The molecule has 1 aliphatic heterocycles.